The molecular formula is C15H14N2O5. The summed E-state index contributed by atoms with van der Waals surface area (Å²) < 4.78 is 10.9. The number of aliphatic carboxylic acids is 1. The first-order valence-electron chi connectivity index (χ1n) is 6.87. The Labute approximate surface area is 125 Å². The molecule has 0 atom stereocenters. The summed E-state index contributed by atoms with van der Waals surface area (Å²) in [5.41, 5.74) is 1.55. The van der Waals surface area contributed by atoms with E-state index in [1.54, 1.807) is 0 Å². The normalized spacial score (nSPS) is 12.0. The van der Waals surface area contributed by atoms with E-state index >= 15 is 0 Å². The van der Waals surface area contributed by atoms with Crippen LogP contribution in [-0.2, 0) is 11.4 Å². The van der Waals surface area contributed by atoms with Crippen molar-refractivity contribution in [3.05, 3.63) is 35.5 Å². The lowest BCUT2D eigenvalue weighted by atomic mass is 10.0. The molecule has 0 fully saturated rings. The highest BCUT2D eigenvalue weighted by atomic mass is 16.5. The molecule has 2 aromatic rings. The van der Waals surface area contributed by atoms with Crippen molar-refractivity contribution < 1.29 is 24.0 Å². The average molecular weight is 302 g/mol. The standard InChI is InChI=1S/C15H14N2O5/c18-12(19)6-3-7-16-15(20)13-10-8-21-11-5-2-1-4-9(11)14(10)22-17-13/h1-2,4-5H,3,6-8H2,(H,16,20)(H,18,19). The van der Waals surface area contributed by atoms with Gasteiger partial charge in [0.15, 0.2) is 11.5 Å². The van der Waals surface area contributed by atoms with Crippen LogP contribution in [0.3, 0.4) is 0 Å². The van der Waals surface area contributed by atoms with Gasteiger partial charge in [-0.3, -0.25) is 9.59 Å². The highest BCUT2D eigenvalue weighted by Gasteiger charge is 2.28. The maximum absolute atomic E-state index is 12.1. The van der Waals surface area contributed by atoms with Gasteiger partial charge in [-0.05, 0) is 18.6 Å². The maximum atomic E-state index is 12.1. The summed E-state index contributed by atoms with van der Waals surface area (Å²) in [6.45, 7) is 0.484. The van der Waals surface area contributed by atoms with Crippen LogP contribution in [0.2, 0.25) is 0 Å². The molecule has 7 heteroatoms. The highest BCUT2D eigenvalue weighted by molar-refractivity contribution is 5.95. The van der Waals surface area contributed by atoms with Gasteiger partial charge in [-0.25, -0.2) is 0 Å². The number of amides is 1. The van der Waals surface area contributed by atoms with E-state index in [0.717, 1.165) is 5.56 Å². The van der Waals surface area contributed by atoms with Gasteiger partial charge in [0.2, 0.25) is 0 Å². The van der Waals surface area contributed by atoms with E-state index in [9.17, 15) is 9.59 Å². The van der Waals surface area contributed by atoms with E-state index in [0.29, 0.717) is 23.5 Å². The summed E-state index contributed by atoms with van der Waals surface area (Å²) in [5, 5.41) is 15.0. The fourth-order valence-corrected chi connectivity index (χ4v) is 2.29. The van der Waals surface area contributed by atoms with Crippen LogP contribution in [0.5, 0.6) is 5.75 Å². The molecule has 1 aliphatic heterocycles. The van der Waals surface area contributed by atoms with Crippen molar-refractivity contribution in [2.45, 2.75) is 19.4 Å². The number of fused-ring (bicyclic) bond motifs is 3. The summed E-state index contributed by atoms with van der Waals surface area (Å²) in [6, 6.07) is 7.38. The number of para-hydroxylation sites is 1. The van der Waals surface area contributed by atoms with Crippen LogP contribution in [0.4, 0.5) is 0 Å². The minimum atomic E-state index is -0.891. The number of carboxylic acid groups (broad SMARTS) is 1. The number of carboxylic acids is 1. The van der Waals surface area contributed by atoms with Crippen molar-refractivity contribution in [1.82, 2.24) is 10.5 Å². The molecule has 114 valence electrons. The number of rotatable bonds is 5. The van der Waals surface area contributed by atoms with Crippen LogP contribution in [-0.4, -0.2) is 28.7 Å². The molecule has 3 rings (SSSR count). The molecule has 0 radical (unpaired) electrons. The second kappa shape index (κ2) is 5.88. The zero-order chi connectivity index (χ0) is 15.5. The summed E-state index contributed by atoms with van der Waals surface area (Å²) in [7, 11) is 0. The third-order valence-electron chi connectivity index (χ3n) is 3.36. The van der Waals surface area contributed by atoms with Crippen molar-refractivity contribution in [2.24, 2.45) is 0 Å². The topological polar surface area (TPSA) is 102 Å². The van der Waals surface area contributed by atoms with Crippen LogP contribution in [0.25, 0.3) is 11.3 Å². The second-order valence-corrected chi connectivity index (χ2v) is 4.88. The molecule has 0 aliphatic carbocycles. The van der Waals surface area contributed by atoms with Crippen molar-refractivity contribution in [2.75, 3.05) is 6.54 Å². The van der Waals surface area contributed by atoms with Crippen LogP contribution >= 0.6 is 0 Å². The van der Waals surface area contributed by atoms with Gasteiger partial charge in [0, 0.05) is 13.0 Å². The number of nitrogens with one attached hydrogen (secondary N) is 1. The maximum Gasteiger partial charge on any atom is 0.303 e. The van der Waals surface area contributed by atoms with Crippen LogP contribution < -0.4 is 10.1 Å². The first-order chi connectivity index (χ1) is 10.7. The Hall–Kier alpha value is -2.83. The molecule has 22 heavy (non-hydrogen) atoms. The largest absolute Gasteiger partial charge is 0.488 e. The third kappa shape index (κ3) is 2.65. The highest BCUT2D eigenvalue weighted by Crippen LogP contribution is 2.38. The minimum Gasteiger partial charge on any atom is -0.488 e. The van der Waals surface area contributed by atoms with Crippen LogP contribution in [0, 0.1) is 0 Å². The van der Waals surface area contributed by atoms with Crippen molar-refractivity contribution >= 4 is 11.9 Å². The van der Waals surface area contributed by atoms with E-state index in [-0.39, 0.29) is 25.3 Å². The number of carbonyl (C=O) groups is 2. The van der Waals surface area contributed by atoms with Gasteiger partial charge in [-0.2, -0.15) is 0 Å². The molecule has 0 unspecified atom stereocenters. The summed E-state index contributed by atoms with van der Waals surface area (Å²) in [6.07, 6.45) is 0.369. The number of carbonyl (C=O) groups excluding carboxylic acids is 1. The fourth-order valence-electron chi connectivity index (χ4n) is 2.29. The number of hydrogen-bond acceptors (Lipinski definition) is 5. The van der Waals surface area contributed by atoms with Gasteiger partial charge >= 0.3 is 5.97 Å². The van der Waals surface area contributed by atoms with E-state index in [1.807, 2.05) is 24.3 Å². The number of benzene rings is 1. The van der Waals surface area contributed by atoms with Crippen molar-refractivity contribution in [1.29, 1.82) is 0 Å². The molecule has 0 saturated carbocycles. The fraction of sp³-hybridized carbons (Fsp3) is 0.267. The Bertz CT molecular complexity index is 722. The Morgan fingerprint density at radius 2 is 2.14 bits per heavy atom. The van der Waals surface area contributed by atoms with Gasteiger partial charge in [0.1, 0.15) is 12.4 Å². The van der Waals surface area contributed by atoms with Crippen LogP contribution in [0.15, 0.2) is 28.8 Å². The monoisotopic (exact) mass is 302 g/mol. The van der Waals surface area contributed by atoms with Crippen molar-refractivity contribution in [3.8, 4) is 17.1 Å². The second-order valence-electron chi connectivity index (χ2n) is 4.88. The Morgan fingerprint density at radius 1 is 1.32 bits per heavy atom. The smallest absolute Gasteiger partial charge is 0.303 e. The van der Waals surface area contributed by atoms with E-state index in [4.69, 9.17) is 14.4 Å². The Morgan fingerprint density at radius 3 is 2.95 bits per heavy atom. The summed E-state index contributed by atoms with van der Waals surface area (Å²) >= 11 is 0. The minimum absolute atomic E-state index is 0.00763. The molecule has 7 nitrogen and oxygen atoms in total. The van der Waals surface area contributed by atoms with E-state index in [1.165, 1.54) is 0 Å². The number of nitrogens with zero attached hydrogens (tertiary/aromatic N) is 1. The van der Waals surface area contributed by atoms with Gasteiger partial charge in [-0.15, -0.1) is 0 Å². The number of hydrogen-bond donors (Lipinski definition) is 2. The summed E-state index contributed by atoms with van der Waals surface area (Å²) in [4.78, 5) is 22.5. The lowest BCUT2D eigenvalue weighted by Gasteiger charge is -2.15. The first kappa shape index (κ1) is 14.1. The quantitative estimate of drug-likeness (QED) is 0.817. The molecule has 2 heterocycles. The van der Waals surface area contributed by atoms with Gasteiger partial charge in [0.25, 0.3) is 5.91 Å². The Balaban J connectivity index is 1.74. The zero-order valence-corrected chi connectivity index (χ0v) is 11.7. The molecule has 0 saturated heterocycles. The molecule has 0 spiro atoms. The molecule has 1 amide bonds. The molecule has 1 aromatic heterocycles. The predicted octanol–water partition coefficient (Wildman–Crippen LogP) is 1.83. The lowest BCUT2D eigenvalue weighted by molar-refractivity contribution is -0.137. The average Bonchev–Trinajstić information content (AvgIpc) is 2.95. The molecule has 1 aromatic carbocycles. The first-order valence-corrected chi connectivity index (χ1v) is 6.87. The van der Waals surface area contributed by atoms with Gasteiger partial charge < -0.3 is 19.7 Å². The Kier molecular flexibility index (Phi) is 3.78. The SMILES string of the molecule is O=C(O)CCCNC(=O)c1noc2c1COc1ccccc1-2. The van der Waals surface area contributed by atoms with E-state index in [2.05, 4.69) is 10.5 Å². The van der Waals surface area contributed by atoms with Crippen LogP contribution in [0.1, 0.15) is 28.9 Å². The zero-order valence-electron chi connectivity index (χ0n) is 11.7. The predicted molar refractivity (Wildman–Crippen MR) is 75.5 cm³/mol. The van der Waals surface area contributed by atoms with Crippen molar-refractivity contribution in [3.63, 3.8) is 0 Å². The number of aromatic nitrogens is 1. The summed E-state index contributed by atoms with van der Waals surface area (Å²) in [5.74, 6) is -0.0476. The lowest BCUT2D eigenvalue weighted by Crippen LogP contribution is -2.26. The van der Waals surface area contributed by atoms with Gasteiger partial charge in [0.05, 0.1) is 11.1 Å². The third-order valence-corrected chi connectivity index (χ3v) is 3.36. The van der Waals surface area contributed by atoms with Gasteiger partial charge in [-0.1, -0.05) is 17.3 Å². The van der Waals surface area contributed by atoms with E-state index < -0.39 is 11.9 Å². The molecule has 1 aliphatic rings. The number of ether oxygens (including phenoxy) is 1. The molecule has 2 N–H and O–H groups in total. The molecule has 0 bridgehead atoms. The molecular weight excluding hydrogens is 288 g/mol.